The van der Waals surface area contributed by atoms with E-state index in [4.69, 9.17) is 4.74 Å². The SMILES string of the molecule is C=C1CC=C(OC)C(=O)N1.C=C1CCC(=O)C(=O)N1. The van der Waals surface area contributed by atoms with Gasteiger partial charge in [0.05, 0.1) is 7.11 Å². The number of methoxy groups -OCH3 is 1. The van der Waals surface area contributed by atoms with E-state index in [0.29, 0.717) is 36.4 Å². The summed E-state index contributed by atoms with van der Waals surface area (Å²) in [6.45, 7) is 7.12. The van der Waals surface area contributed by atoms with E-state index < -0.39 is 5.91 Å². The van der Waals surface area contributed by atoms with Crippen molar-refractivity contribution in [2.75, 3.05) is 7.11 Å². The summed E-state index contributed by atoms with van der Waals surface area (Å²) < 4.78 is 4.76. The topological polar surface area (TPSA) is 84.5 Å². The van der Waals surface area contributed by atoms with E-state index in [2.05, 4.69) is 23.8 Å². The molecule has 0 aromatic heterocycles. The number of ether oxygens (including phenoxy) is 1. The first kappa shape index (κ1) is 14.7. The lowest BCUT2D eigenvalue weighted by atomic mass is 10.1. The average Bonchev–Trinajstić information content (AvgIpc) is 2.35. The van der Waals surface area contributed by atoms with Gasteiger partial charge >= 0.3 is 0 Å². The van der Waals surface area contributed by atoms with Crippen LogP contribution in [0.5, 0.6) is 0 Å². The predicted octanol–water partition coefficient (Wildman–Crippen LogP) is 0.529. The molecule has 0 aromatic rings. The molecule has 0 aliphatic carbocycles. The quantitative estimate of drug-likeness (QED) is 0.677. The summed E-state index contributed by atoms with van der Waals surface area (Å²) in [5, 5.41) is 4.90. The van der Waals surface area contributed by atoms with E-state index in [1.807, 2.05) is 0 Å². The first-order chi connectivity index (χ1) is 8.93. The van der Waals surface area contributed by atoms with Crippen LogP contribution in [0, 0.1) is 0 Å². The van der Waals surface area contributed by atoms with Crippen molar-refractivity contribution < 1.29 is 19.1 Å². The fourth-order valence-corrected chi connectivity index (χ4v) is 1.43. The zero-order valence-electron chi connectivity index (χ0n) is 10.7. The fraction of sp³-hybridized carbons (Fsp3) is 0.308. The van der Waals surface area contributed by atoms with Crippen LogP contribution >= 0.6 is 0 Å². The third kappa shape index (κ3) is 4.42. The maximum absolute atomic E-state index is 10.9. The van der Waals surface area contributed by atoms with Gasteiger partial charge in [-0.3, -0.25) is 14.4 Å². The van der Waals surface area contributed by atoms with Crippen molar-refractivity contribution in [3.63, 3.8) is 0 Å². The van der Waals surface area contributed by atoms with Gasteiger partial charge in [-0.15, -0.1) is 0 Å². The third-order valence-corrected chi connectivity index (χ3v) is 2.47. The van der Waals surface area contributed by atoms with Crippen molar-refractivity contribution >= 4 is 17.6 Å². The molecule has 0 bridgehead atoms. The Labute approximate surface area is 111 Å². The van der Waals surface area contributed by atoms with Gasteiger partial charge in [0.25, 0.3) is 11.8 Å². The van der Waals surface area contributed by atoms with Gasteiger partial charge in [0.15, 0.2) is 5.76 Å². The molecule has 102 valence electrons. The number of allylic oxidation sites excluding steroid dienone is 2. The minimum Gasteiger partial charge on any atom is -0.491 e. The molecule has 1 saturated heterocycles. The van der Waals surface area contributed by atoms with Gasteiger partial charge in [0.2, 0.25) is 5.78 Å². The molecule has 6 nitrogen and oxygen atoms in total. The number of carbonyl (C=O) groups excluding carboxylic acids is 3. The number of piperidine rings is 1. The molecule has 19 heavy (non-hydrogen) atoms. The molecule has 2 aliphatic rings. The van der Waals surface area contributed by atoms with E-state index in [9.17, 15) is 14.4 Å². The zero-order chi connectivity index (χ0) is 14.4. The Morgan fingerprint density at radius 3 is 2.16 bits per heavy atom. The summed E-state index contributed by atoms with van der Waals surface area (Å²) in [7, 11) is 1.47. The number of amides is 2. The highest BCUT2D eigenvalue weighted by Gasteiger charge is 2.19. The molecule has 1 fully saturated rings. The Hall–Kier alpha value is -2.37. The molecule has 0 saturated carbocycles. The van der Waals surface area contributed by atoms with Crippen LogP contribution in [0.3, 0.4) is 0 Å². The van der Waals surface area contributed by atoms with Crippen LogP contribution in [0.2, 0.25) is 0 Å². The van der Waals surface area contributed by atoms with E-state index in [-0.39, 0.29) is 11.7 Å². The molecule has 0 atom stereocenters. The Balaban J connectivity index is 0.000000191. The number of hydrogen-bond acceptors (Lipinski definition) is 4. The van der Waals surface area contributed by atoms with Gasteiger partial charge in [0, 0.05) is 24.2 Å². The highest BCUT2D eigenvalue weighted by molar-refractivity contribution is 6.37. The normalized spacial score (nSPS) is 18.8. The predicted molar refractivity (Wildman–Crippen MR) is 68.5 cm³/mol. The molecule has 2 amide bonds. The summed E-state index contributed by atoms with van der Waals surface area (Å²) >= 11 is 0. The number of hydrogen-bond donors (Lipinski definition) is 2. The molecule has 0 aromatic carbocycles. The zero-order valence-corrected chi connectivity index (χ0v) is 10.7. The Morgan fingerprint density at radius 2 is 1.68 bits per heavy atom. The largest absolute Gasteiger partial charge is 0.491 e. The smallest absolute Gasteiger partial charge is 0.291 e. The summed E-state index contributed by atoms with van der Waals surface area (Å²) in [6, 6.07) is 0. The molecular weight excluding hydrogens is 248 g/mol. The Bertz CT molecular complexity index is 477. The molecule has 2 rings (SSSR count). The van der Waals surface area contributed by atoms with E-state index in [0.717, 1.165) is 0 Å². The van der Waals surface area contributed by atoms with E-state index >= 15 is 0 Å². The average molecular weight is 264 g/mol. The van der Waals surface area contributed by atoms with Gasteiger partial charge in [-0.2, -0.15) is 0 Å². The lowest BCUT2D eigenvalue weighted by molar-refractivity contribution is -0.138. The molecule has 0 spiro atoms. The van der Waals surface area contributed by atoms with Crippen molar-refractivity contribution in [3.05, 3.63) is 36.4 Å². The van der Waals surface area contributed by atoms with Crippen LogP contribution in [0.15, 0.2) is 36.4 Å². The van der Waals surface area contributed by atoms with Crippen molar-refractivity contribution in [1.29, 1.82) is 0 Å². The molecular formula is C13H16N2O4. The fourth-order valence-electron chi connectivity index (χ4n) is 1.43. The van der Waals surface area contributed by atoms with Gasteiger partial charge in [-0.1, -0.05) is 13.2 Å². The number of rotatable bonds is 1. The third-order valence-electron chi connectivity index (χ3n) is 2.47. The Morgan fingerprint density at radius 1 is 1.05 bits per heavy atom. The molecule has 0 unspecified atom stereocenters. The van der Waals surface area contributed by atoms with E-state index in [1.165, 1.54) is 7.11 Å². The molecule has 2 heterocycles. The summed E-state index contributed by atoms with van der Waals surface area (Å²) in [5.74, 6) is -0.709. The highest BCUT2D eigenvalue weighted by atomic mass is 16.5. The molecule has 6 heteroatoms. The van der Waals surface area contributed by atoms with Crippen molar-refractivity contribution in [1.82, 2.24) is 10.6 Å². The van der Waals surface area contributed by atoms with Crippen LogP contribution in [-0.2, 0) is 19.1 Å². The molecule has 2 aliphatic heterocycles. The summed E-state index contributed by atoms with van der Waals surface area (Å²) in [4.78, 5) is 31.8. The summed E-state index contributed by atoms with van der Waals surface area (Å²) in [5.41, 5.74) is 1.35. The second-order valence-electron chi connectivity index (χ2n) is 4.02. The van der Waals surface area contributed by atoms with Crippen LogP contribution in [-0.4, -0.2) is 24.7 Å². The van der Waals surface area contributed by atoms with Crippen LogP contribution in [0.4, 0.5) is 0 Å². The van der Waals surface area contributed by atoms with Crippen molar-refractivity contribution in [2.45, 2.75) is 19.3 Å². The second-order valence-corrected chi connectivity index (χ2v) is 4.02. The number of ketones is 1. The monoisotopic (exact) mass is 264 g/mol. The molecule has 2 N–H and O–H groups in total. The van der Waals surface area contributed by atoms with Crippen LogP contribution in [0.1, 0.15) is 19.3 Å². The van der Waals surface area contributed by atoms with Gasteiger partial charge in [-0.05, 0) is 12.5 Å². The lowest BCUT2D eigenvalue weighted by Crippen LogP contribution is -2.34. The maximum Gasteiger partial charge on any atom is 0.291 e. The van der Waals surface area contributed by atoms with E-state index in [1.54, 1.807) is 6.08 Å². The van der Waals surface area contributed by atoms with Gasteiger partial charge < -0.3 is 15.4 Å². The lowest BCUT2D eigenvalue weighted by Gasteiger charge is -2.13. The molecule has 0 radical (unpaired) electrons. The standard InChI is InChI=1S/C7H9NO2.C6H7NO2/c1-5-3-4-6(10-2)7(9)8-5;1-4-2-3-5(8)6(9)7-4/h4H,1,3H2,2H3,(H,8,9);1-3H2,(H,7,9). The van der Waals surface area contributed by atoms with Crippen LogP contribution < -0.4 is 10.6 Å². The van der Waals surface area contributed by atoms with Crippen molar-refractivity contribution in [2.24, 2.45) is 0 Å². The first-order valence-electron chi connectivity index (χ1n) is 5.69. The first-order valence-corrected chi connectivity index (χ1v) is 5.69. The summed E-state index contributed by atoms with van der Waals surface area (Å²) in [6.07, 6.45) is 3.27. The maximum atomic E-state index is 10.9. The minimum atomic E-state index is -0.522. The Kier molecular flexibility index (Phi) is 5.05. The van der Waals surface area contributed by atoms with Gasteiger partial charge in [-0.25, -0.2) is 0 Å². The minimum absolute atomic E-state index is 0.209. The number of Topliss-reactive ketones (excluding diaryl/α,β-unsaturated/α-hetero) is 1. The van der Waals surface area contributed by atoms with Crippen molar-refractivity contribution in [3.8, 4) is 0 Å². The number of nitrogens with one attached hydrogen (secondary N) is 2. The highest BCUT2D eigenvalue weighted by Crippen LogP contribution is 2.08. The second kappa shape index (κ2) is 6.53. The van der Waals surface area contributed by atoms with Crippen LogP contribution in [0.25, 0.3) is 0 Å². The van der Waals surface area contributed by atoms with Gasteiger partial charge in [0.1, 0.15) is 0 Å². The number of carbonyl (C=O) groups is 3.